The molecule has 0 saturated carbocycles. The van der Waals surface area contributed by atoms with Crippen molar-refractivity contribution in [1.82, 2.24) is 19.8 Å². The number of imidazole rings is 1. The molecule has 0 amide bonds. The van der Waals surface area contributed by atoms with Gasteiger partial charge in [-0.15, -0.1) is 0 Å². The minimum atomic E-state index is 0.537. The summed E-state index contributed by atoms with van der Waals surface area (Å²) >= 11 is 6.05. The SMILES string of the molecule is CC1CN(Cc2nc3cc(Cl)ccc3n2C)C(C)CN1. The summed E-state index contributed by atoms with van der Waals surface area (Å²) in [5.74, 6) is 1.10. The van der Waals surface area contributed by atoms with Gasteiger partial charge in [-0.25, -0.2) is 4.98 Å². The van der Waals surface area contributed by atoms with Crippen molar-refractivity contribution in [2.75, 3.05) is 13.1 Å². The molecule has 1 saturated heterocycles. The zero-order valence-corrected chi connectivity index (χ0v) is 13.0. The van der Waals surface area contributed by atoms with E-state index in [2.05, 4.69) is 35.7 Å². The van der Waals surface area contributed by atoms with Gasteiger partial charge in [0.25, 0.3) is 0 Å². The fourth-order valence-electron chi connectivity index (χ4n) is 2.86. The van der Waals surface area contributed by atoms with Crippen molar-refractivity contribution in [3.8, 4) is 0 Å². The lowest BCUT2D eigenvalue weighted by molar-refractivity contribution is 0.134. The average Bonchev–Trinajstić information content (AvgIpc) is 2.70. The Balaban J connectivity index is 1.88. The Morgan fingerprint density at radius 1 is 1.40 bits per heavy atom. The smallest absolute Gasteiger partial charge is 0.123 e. The maximum absolute atomic E-state index is 6.05. The van der Waals surface area contributed by atoms with Crippen LogP contribution in [0.4, 0.5) is 0 Å². The van der Waals surface area contributed by atoms with Crippen LogP contribution in [-0.4, -0.2) is 39.6 Å². The molecular weight excluding hydrogens is 272 g/mol. The normalized spacial score (nSPS) is 24.4. The molecule has 1 N–H and O–H groups in total. The van der Waals surface area contributed by atoms with Gasteiger partial charge in [0.15, 0.2) is 0 Å². The second kappa shape index (κ2) is 5.35. The van der Waals surface area contributed by atoms with Crippen molar-refractivity contribution in [2.45, 2.75) is 32.5 Å². The standard InChI is InChI=1S/C15H21ClN4/c1-10-8-20(11(2)7-17-10)9-15-18-13-6-12(16)4-5-14(13)19(15)3/h4-6,10-11,17H,7-9H2,1-3H3. The molecule has 2 heterocycles. The third kappa shape index (κ3) is 2.55. The summed E-state index contributed by atoms with van der Waals surface area (Å²) in [7, 11) is 2.08. The van der Waals surface area contributed by atoms with Gasteiger partial charge in [-0.05, 0) is 32.0 Å². The Kier molecular flexibility index (Phi) is 3.71. The zero-order valence-electron chi connectivity index (χ0n) is 12.2. The fraction of sp³-hybridized carbons (Fsp3) is 0.533. The number of hydrogen-bond acceptors (Lipinski definition) is 3. The Bertz CT molecular complexity index is 622. The number of rotatable bonds is 2. The van der Waals surface area contributed by atoms with Crippen LogP contribution in [0, 0.1) is 0 Å². The van der Waals surface area contributed by atoms with Gasteiger partial charge in [-0.3, -0.25) is 4.90 Å². The molecular formula is C15H21ClN4. The highest BCUT2D eigenvalue weighted by Gasteiger charge is 2.23. The molecule has 0 aliphatic carbocycles. The first kappa shape index (κ1) is 13.9. The van der Waals surface area contributed by atoms with E-state index in [0.717, 1.165) is 41.5 Å². The molecule has 0 spiro atoms. The maximum atomic E-state index is 6.05. The van der Waals surface area contributed by atoms with Crippen LogP contribution in [0.2, 0.25) is 5.02 Å². The van der Waals surface area contributed by atoms with Crippen LogP contribution in [0.15, 0.2) is 18.2 Å². The molecule has 1 aromatic carbocycles. The maximum Gasteiger partial charge on any atom is 0.123 e. The summed E-state index contributed by atoms with van der Waals surface area (Å²) in [4.78, 5) is 7.23. The third-order valence-electron chi connectivity index (χ3n) is 4.17. The first-order valence-electron chi connectivity index (χ1n) is 7.13. The molecule has 1 aromatic heterocycles. The second-order valence-corrected chi connectivity index (χ2v) is 6.24. The van der Waals surface area contributed by atoms with E-state index < -0.39 is 0 Å². The van der Waals surface area contributed by atoms with Crippen molar-refractivity contribution in [3.63, 3.8) is 0 Å². The predicted octanol–water partition coefficient (Wildman–Crippen LogP) is 2.41. The molecule has 2 aromatic rings. The van der Waals surface area contributed by atoms with Crippen LogP contribution < -0.4 is 5.32 Å². The molecule has 2 atom stereocenters. The Morgan fingerprint density at radius 3 is 3.00 bits per heavy atom. The molecule has 5 heteroatoms. The third-order valence-corrected chi connectivity index (χ3v) is 4.41. The average molecular weight is 293 g/mol. The number of nitrogens with one attached hydrogen (secondary N) is 1. The van der Waals surface area contributed by atoms with Crippen LogP contribution in [0.1, 0.15) is 19.7 Å². The molecule has 108 valence electrons. The summed E-state index contributed by atoms with van der Waals surface area (Å²) < 4.78 is 2.17. The number of hydrogen-bond donors (Lipinski definition) is 1. The number of halogens is 1. The van der Waals surface area contributed by atoms with Crippen LogP contribution in [-0.2, 0) is 13.6 Å². The van der Waals surface area contributed by atoms with E-state index in [0.29, 0.717) is 12.1 Å². The molecule has 4 nitrogen and oxygen atoms in total. The van der Waals surface area contributed by atoms with Crippen molar-refractivity contribution >= 4 is 22.6 Å². The number of fused-ring (bicyclic) bond motifs is 1. The number of aryl methyl sites for hydroxylation is 1. The second-order valence-electron chi connectivity index (χ2n) is 5.81. The number of piperazine rings is 1. The summed E-state index contributed by atoms with van der Waals surface area (Å²) in [6.07, 6.45) is 0. The number of nitrogens with zero attached hydrogens (tertiary/aromatic N) is 3. The number of aromatic nitrogens is 2. The van der Waals surface area contributed by atoms with Gasteiger partial charge in [-0.2, -0.15) is 0 Å². The van der Waals surface area contributed by atoms with Crippen molar-refractivity contribution in [2.24, 2.45) is 7.05 Å². The van der Waals surface area contributed by atoms with Gasteiger partial charge in [-0.1, -0.05) is 11.6 Å². The van der Waals surface area contributed by atoms with Crippen LogP contribution in [0.25, 0.3) is 11.0 Å². The van der Waals surface area contributed by atoms with E-state index in [-0.39, 0.29) is 0 Å². The summed E-state index contributed by atoms with van der Waals surface area (Å²) in [6.45, 7) is 7.48. The highest BCUT2D eigenvalue weighted by atomic mass is 35.5. The monoisotopic (exact) mass is 292 g/mol. The molecule has 20 heavy (non-hydrogen) atoms. The van der Waals surface area contributed by atoms with Crippen molar-refractivity contribution < 1.29 is 0 Å². The van der Waals surface area contributed by atoms with Crippen LogP contribution >= 0.6 is 11.6 Å². The summed E-state index contributed by atoms with van der Waals surface area (Å²) in [6, 6.07) is 6.97. The molecule has 0 bridgehead atoms. The van der Waals surface area contributed by atoms with Gasteiger partial charge in [0, 0.05) is 37.2 Å². The lowest BCUT2D eigenvalue weighted by atomic mass is 10.1. The van der Waals surface area contributed by atoms with E-state index >= 15 is 0 Å². The van der Waals surface area contributed by atoms with E-state index in [1.54, 1.807) is 0 Å². The molecule has 2 unspecified atom stereocenters. The summed E-state index contributed by atoms with van der Waals surface area (Å²) in [5.41, 5.74) is 2.12. The molecule has 1 aliphatic heterocycles. The first-order valence-corrected chi connectivity index (χ1v) is 7.50. The fourth-order valence-corrected chi connectivity index (χ4v) is 3.03. The Labute approximate surface area is 124 Å². The van der Waals surface area contributed by atoms with E-state index in [1.807, 2.05) is 18.2 Å². The Hall–Kier alpha value is -1.10. The Morgan fingerprint density at radius 2 is 2.20 bits per heavy atom. The molecule has 1 aliphatic rings. The lowest BCUT2D eigenvalue weighted by Crippen LogP contribution is -2.53. The predicted molar refractivity (Wildman–Crippen MR) is 83.1 cm³/mol. The van der Waals surface area contributed by atoms with E-state index in [4.69, 9.17) is 16.6 Å². The van der Waals surface area contributed by atoms with Crippen LogP contribution in [0.5, 0.6) is 0 Å². The quantitative estimate of drug-likeness (QED) is 0.923. The number of benzene rings is 1. The highest BCUT2D eigenvalue weighted by molar-refractivity contribution is 6.31. The van der Waals surface area contributed by atoms with Crippen LogP contribution in [0.3, 0.4) is 0 Å². The highest BCUT2D eigenvalue weighted by Crippen LogP contribution is 2.21. The molecule has 0 radical (unpaired) electrons. The minimum Gasteiger partial charge on any atom is -0.330 e. The zero-order chi connectivity index (χ0) is 14.3. The van der Waals surface area contributed by atoms with E-state index in [9.17, 15) is 0 Å². The molecule has 3 rings (SSSR count). The molecule has 1 fully saturated rings. The van der Waals surface area contributed by atoms with E-state index in [1.165, 1.54) is 0 Å². The van der Waals surface area contributed by atoms with Gasteiger partial charge in [0.05, 0.1) is 17.6 Å². The van der Waals surface area contributed by atoms with Gasteiger partial charge in [0.2, 0.25) is 0 Å². The van der Waals surface area contributed by atoms with Gasteiger partial charge in [0.1, 0.15) is 5.82 Å². The summed E-state index contributed by atoms with van der Waals surface area (Å²) in [5, 5.41) is 4.25. The van der Waals surface area contributed by atoms with Gasteiger partial charge < -0.3 is 9.88 Å². The topological polar surface area (TPSA) is 33.1 Å². The van der Waals surface area contributed by atoms with Crippen molar-refractivity contribution in [1.29, 1.82) is 0 Å². The van der Waals surface area contributed by atoms with Gasteiger partial charge >= 0.3 is 0 Å². The lowest BCUT2D eigenvalue weighted by Gasteiger charge is -2.37. The largest absolute Gasteiger partial charge is 0.330 e. The minimum absolute atomic E-state index is 0.537. The van der Waals surface area contributed by atoms with Crippen molar-refractivity contribution in [3.05, 3.63) is 29.0 Å². The first-order chi connectivity index (χ1) is 9.54.